The molecule has 0 fully saturated rings. The van der Waals surface area contributed by atoms with Crippen molar-refractivity contribution in [1.82, 2.24) is 9.97 Å². The Hall–Kier alpha value is -1.94. The van der Waals surface area contributed by atoms with E-state index in [4.69, 9.17) is 16.3 Å². The molecule has 116 valence electrons. The number of rotatable bonds is 2. The molecule has 5 heteroatoms. The standard InChI is InChI=1S/C15H13ClN2O2.C2H6/c1-20-14-7-2-9(8-17-14)10-3-5-12-11(15(10)19)4-6-13(16)18-12;1-2/h2,4,6-8,10H,3,5H2,1H3;1-2H3. The molecule has 4 nitrogen and oxygen atoms in total. The SMILES string of the molecule is CC.COc1ccc(C2CCc3nc(Cl)ccc3C2=O)cn1. The summed E-state index contributed by atoms with van der Waals surface area (Å²) in [6, 6.07) is 7.09. The van der Waals surface area contributed by atoms with Crippen molar-refractivity contribution in [3.8, 4) is 5.88 Å². The molecule has 0 radical (unpaired) electrons. The Morgan fingerprint density at radius 2 is 2.00 bits per heavy atom. The molecule has 1 aliphatic carbocycles. The number of carbonyl (C=O) groups is 1. The molecule has 2 aromatic heterocycles. The Balaban J connectivity index is 0.000000847. The highest BCUT2D eigenvalue weighted by atomic mass is 35.5. The van der Waals surface area contributed by atoms with Gasteiger partial charge in [0.05, 0.1) is 12.8 Å². The van der Waals surface area contributed by atoms with Gasteiger partial charge in [0.15, 0.2) is 5.78 Å². The molecule has 0 saturated carbocycles. The van der Waals surface area contributed by atoms with E-state index in [1.54, 1.807) is 31.5 Å². The van der Waals surface area contributed by atoms with Gasteiger partial charge < -0.3 is 4.74 Å². The van der Waals surface area contributed by atoms with Crippen LogP contribution in [0.25, 0.3) is 0 Å². The van der Waals surface area contributed by atoms with Crippen molar-refractivity contribution in [3.05, 3.63) is 52.4 Å². The Kier molecular flexibility index (Phi) is 5.50. The summed E-state index contributed by atoms with van der Waals surface area (Å²) in [7, 11) is 1.57. The van der Waals surface area contributed by atoms with Crippen LogP contribution in [0.1, 0.15) is 47.8 Å². The second kappa shape index (κ2) is 7.36. The van der Waals surface area contributed by atoms with Gasteiger partial charge in [-0.15, -0.1) is 0 Å². The first-order valence-electron chi connectivity index (χ1n) is 7.38. The number of hydrogen-bond acceptors (Lipinski definition) is 4. The third-order valence-electron chi connectivity index (χ3n) is 3.56. The van der Waals surface area contributed by atoms with Crippen LogP contribution in [0.5, 0.6) is 5.88 Å². The molecular formula is C17H19ClN2O2. The van der Waals surface area contributed by atoms with Gasteiger partial charge in [-0.3, -0.25) is 4.79 Å². The molecule has 0 N–H and O–H groups in total. The van der Waals surface area contributed by atoms with Crippen molar-refractivity contribution in [2.75, 3.05) is 7.11 Å². The maximum Gasteiger partial charge on any atom is 0.212 e. The molecular weight excluding hydrogens is 300 g/mol. The molecule has 2 heterocycles. The largest absolute Gasteiger partial charge is 0.481 e. The lowest BCUT2D eigenvalue weighted by atomic mass is 9.81. The predicted molar refractivity (Wildman–Crippen MR) is 86.8 cm³/mol. The number of carbonyl (C=O) groups excluding carboxylic acids is 1. The fourth-order valence-electron chi connectivity index (χ4n) is 2.53. The van der Waals surface area contributed by atoms with Crippen molar-refractivity contribution in [1.29, 1.82) is 0 Å². The van der Waals surface area contributed by atoms with Crippen LogP contribution >= 0.6 is 11.6 Å². The number of Topliss-reactive ketones (excluding diaryl/α,β-unsaturated/α-hetero) is 1. The Bertz CT molecular complexity index is 656. The van der Waals surface area contributed by atoms with Gasteiger partial charge in [-0.1, -0.05) is 31.5 Å². The van der Waals surface area contributed by atoms with Gasteiger partial charge in [-0.25, -0.2) is 9.97 Å². The number of methoxy groups -OCH3 is 1. The van der Waals surface area contributed by atoms with Crippen LogP contribution in [0.4, 0.5) is 0 Å². The van der Waals surface area contributed by atoms with E-state index in [2.05, 4.69) is 9.97 Å². The highest BCUT2D eigenvalue weighted by Crippen LogP contribution is 2.32. The van der Waals surface area contributed by atoms with Crippen LogP contribution in [0.2, 0.25) is 5.15 Å². The number of nitrogens with zero attached hydrogens (tertiary/aromatic N) is 2. The molecule has 2 aromatic rings. The summed E-state index contributed by atoms with van der Waals surface area (Å²) in [4.78, 5) is 20.9. The van der Waals surface area contributed by atoms with Crippen molar-refractivity contribution >= 4 is 17.4 Å². The summed E-state index contributed by atoms with van der Waals surface area (Å²) < 4.78 is 5.03. The molecule has 0 spiro atoms. The minimum absolute atomic E-state index is 0.0855. The fourth-order valence-corrected chi connectivity index (χ4v) is 2.69. The molecule has 22 heavy (non-hydrogen) atoms. The van der Waals surface area contributed by atoms with E-state index < -0.39 is 0 Å². The van der Waals surface area contributed by atoms with Gasteiger partial charge in [0, 0.05) is 23.7 Å². The smallest absolute Gasteiger partial charge is 0.212 e. The number of ketones is 1. The quantitative estimate of drug-likeness (QED) is 0.783. The lowest BCUT2D eigenvalue weighted by molar-refractivity contribution is 0.0945. The third-order valence-corrected chi connectivity index (χ3v) is 3.77. The zero-order chi connectivity index (χ0) is 16.1. The maximum absolute atomic E-state index is 12.5. The second-order valence-electron chi connectivity index (χ2n) is 4.72. The first-order chi connectivity index (χ1) is 10.7. The van der Waals surface area contributed by atoms with Crippen LogP contribution in [-0.4, -0.2) is 22.9 Å². The summed E-state index contributed by atoms with van der Waals surface area (Å²) in [5, 5.41) is 0.432. The monoisotopic (exact) mass is 318 g/mol. The van der Waals surface area contributed by atoms with Gasteiger partial charge >= 0.3 is 0 Å². The summed E-state index contributed by atoms with van der Waals surface area (Å²) in [5.74, 6) is 0.470. The van der Waals surface area contributed by atoms with Crippen molar-refractivity contribution in [2.24, 2.45) is 0 Å². The topological polar surface area (TPSA) is 52.1 Å². The molecule has 0 saturated heterocycles. The van der Waals surface area contributed by atoms with E-state index in [1.165, 1.54) is 0 Å². The summed E-state index contributed by atoms with van der Waals surface area (Å²) >= 11 is 5.86. The molecule has 0 aliphatic heterocycles. The van der Waals surface area contributed by atoms with Crippen LogP contribution in [-0.2, 0) is 6.42 Å². The van der Waals surface area contributed by atoms with Gasteiger partial charge in [-0.2, -0.15) is 0 Å². The number of pyridine rings is 2. The summed E-state index contributed by atoms with van der Waals surface area (Å²) in [6.07, 6.45) is 3.18. The highest BCUT2D eigenvalue weighted by Gasteiger charge is 2.29. The highest BCUT2D eigenvalue weighted by molar-refractivity contribution is 6.29. The van der Waals surface area contributed by atoms with Crippen LogP contribution in [0, 0.1) is 0 Å². The molecule has 1 unspecified atom stereocenters. The predicted octanol–water partition coefficient (Wildman–Crippen LogP) is 4.08. The molecule has 3 rings (SSSR count). The number of ether oxygens (including phenoxy) is 1. The lowest BCUT2D eigenvalue weighted by Gasteiger charge is -2.22. The van der Waals surface area contributed by atoms with E-state index in [-0.39, 0.29) is 11.7 Å². The molecule has 0 bridgehead atoms. The van der Waals surface area contributed by atoms with Crippen molar-refractivity contribution in [3.63, 3.8) is 0 Å². The normalized spacial score (nSPS) is 16.4. The number of aromatic nitrogens is 2. The number of hydrogen-bond donors (Lipinski definition) is 0. The number of aryl methyl sites for hydroxylation is 1. The Morgan fingerprint density at radius 3 is 2.64 bits per heavy atom. The first-order valence-corrected chi connectivity index (χ1v) is 7.76. The van der Waals surface area contributed by atoms with E-state index >= 15 is 0 Å². The van der Waals surface area contributed by atoms with Crippen LogP contribution in [0.3, 0.4) is 0 Å². The van der Waals surface area contributed by atoms with Crippen molar-refractivity contribution < 1.29 is 9.53 Å². The van der Waals surface area contributed by atoms with Crippen molar-refractivity contribution in [2.45, 2.75) is 32.6 Å². The molecule has 0 aromatic carbocycles. The molecule has 1 aliphatic rings. The van der Waals surface area contributed by atoms with E-state index in [0.29, 0.717) is 16.6 Å². The average molecular weight is 319 g/mol. The number of halogens is 1. The van der Waals surface area contributed by atoms with Gasteiger partial charge in [0.1, 0.15) is 5.15 Å². The Morgan fingerprint density at radius 1 is 1.23 bits per heavy atom. The minimum atomic E-state index is -0.163. The number of fused-ring (bicyclic) bond motifs is 1. The van der Waals surface area contributed by atoms with Crippen LogP contribution in [0.15, 0.2) is 30.5 Å². The molecule has 1 atom stereocenters. The van der Waals surface area contributed by atoms with E-state index in [1.807, 2.05) is 19.9 Å². The van der Waals surface area contributed by atoms with Gasteiger partial charge in [0.2, 0.25) is 5.88 Å². The molecule has 0 amide bonds. The second-order valence-corrected chi connectivity index (χ2v) is 5.10. The van der Waals surface area contributed by atoms with E-state index in [0.717, 1.165) is 24.1 Å². The van der Waals surface area contributed by atoms with Gasteiger partial charge in [0.25, 0.3) is 0 Å². The summed E-state index contributed by atoms with van der Waals surface area (Å²) in [5.41, 5.74) is 2.37. The first kappa shape index (κ1) is 16.4. The van der Waals surface area contributed by atoms with Crippen LogP contribution < -0.4 is 4.74 Å². The van der Waals surface area contributed by atoms with Gasteiger partial charge in [-0.05, 0) is 30.5 Å². The lowest BCUT2D eigenvalue weighted by Crippen LogP contribution is -2.22. The Labute approximate surface area is 135 Å². The third kappa shape index (κ3) is 3.28. The maximum atomic E-state index is 12.5. The average Bonchev–Trinajstić information content (AvgIpc) is 2.57. The summed E-state index contributed by atoms with van der Waals surface area (Å²) in [6.45, 7) is 4.00. The minimum Gasteiger partial charge on any atom is -0.481 e. The van der Waals surface area contributed by atoms with E-state index in [9.17, 15) is 4.79 Å². The zero-order valence-electron chi connectivity index (χ0n) is 13.0. The fraction of sp³-hybridized carbons (Fsp3) is 0.353. The zero-order valence-corrected chi connectivity index (χ0v) is 13.7.